The second-order valence-corrected chi connectivity index (χ2v) is 3.67. The van der Waals surface area contributed by atoms with Crippen molar-refractivity contribution in [3.63, 3.8) is 0 Å². The van der Waals surface area contributed by atoms with Crippen LogP contribution in [0.3, 0.4) is 0 Å². The van der Waals surface area contributed by atoms with Crippen LogP contribution in [0.15, 0.2) is 0 Å². The zero-order chi connectivity index (χ0) is 6.27. The van der Waals surface area contributed by atoms with Gasteiger partial charge in [0, 0.05) is 0 Å². The Kier molecular flexibility index (Phi) is 1.26. The second-order valence-electron chi connectivity index (χ2n) is 3.67. The Morgan fingerprint density at radius 2 is 1.44 bits per heavy atom. The van der Waals surface area contributed by atoms with Crippen LogP contribution in [-0.2, 0) is 0 Å². The molecule has 0 aromatic rings. The van der Waals surface area contributed by atoms with E-state index in [4.69, 9.17) is 0 Å². The van der Waals surface area contributed by atoms with E-state index in [1.165, 1.54) is 19.3 Å². The SMILES string of the molecule is OC1CC2CC[C@H](C1)C2. The average Bonchev–Trinajstić information content (AvgIpc) is 2.11. The first-order chi connectivity index (χ1) is 4.34. The van der Waals surface area contributed by atoms with Crippen LogP contribution in [0, 0.1) is 11.8 Å². The topological polar surface area (TPSA) is 20.2 Å². The van der Waals surface area contributed by atoms with Crippen LogP contribution in [-0.4, -0.2) is 11.2 Å². The highest BCUT2D eigenvalue weighted by Gasteiger charge is 2.32. The Balaban J connectivity index is 2.03. The first-order valence-corrected chi connectivity index (χ1v) is 4.02. The zero-order valence-electron chi connectivity index (χ0n) is 5.71. The maximum atomic E-state index is 9.29. The largest absolute Gasteiger partial charge is 0.393 e. The van der Waals surface area contributed by atoms with E-state index in [1.807, 2.05) is 0 Å². The van der Waals surface area contributed by atoms with Crippen molar-refractivity contribution in [1.82, 2.24) is 0 Å². The van der Waals surface area contributed by atoms with Crippen molar-refractivity contribution < 1.29 is 5.11 Å². The molecule has 2 aliphatic rings. The zero-order valence-corrected chi connectivity index (χ0v) is 5.71. The molecule has 0 aromatic carbocycles. The van der Waals surface area contributed by atoms with Gasteiger partial charge < -0.3 is 5.11 Å². The molecule has 0 aromatic heterocycles. The van der Waals surface area contributed by atoms with E-state index < -0.39 is 0 Å². The number of fused-ring (bicyclic) bond motifs is 2. The summed E-state index contributed by atoms with van der Waals surface area (Å²) in [6.07, 6.45) is 6.43. The van der Waals surface area contributed by atoms with E-state index in [-0.39, 0.29) is 6.10 Å². The smallest absolute Gasteiger partial charge is 0.0545 e. The number of aliphatic hydroxyl groups is 1. The van der Waals surface area contributed by atoms with Crippen LogP contribution < -0.4 is 0 Å². The molecular weight excluding hydrogens is 112 g/mol. The Morgan fingerprint density at radius 1 is 0.889 bits per heavy atom. The molecule has 0 heterocycles. The van der Waals surface area contributed by atoms with Gasteiger partial charge >= 0.3 is 0 Å². The van der Waals surface area contributed by atoms with Gasteiger partial charge in [-0.3, -0.25) is 0 Å². The van der Waals surface area contributed by atoms with Crippen molar-refractivity contribution in [3.8, 4) is 0 Å². The van der Waals surface area contributed by atoms with Gasteiger partial charge in [0.2, 0.25) is 0 Å². The molecule has 0 aliphatic heterocycles. The lowest BCUT2D eigenvalue weighted by Gasteiger charge is -2.22. The number of hydrogen-bond donors (Lipinski definition) is 1. The molecule has 9 heavy (non-hydrogen) atoms. The standard InChI is InChI=1S/C8H14O/c9-8-4-6-1-2-7(3-6)5-8/h6-9H,1-5H2/t6-,7?,8?/m0/s1. The summed E-state index contributed by atoms with van der Waals surface area (Å²) in [6, 6.07) is 0. The summed E-state index contributed by atoms with van der Waals surface area (Å²) in [5.74, 6) is 1.78. The van der Waals surface area contributed by atoms with Gasteiger partial charge in [0.1, 0.15) is 0 Å². The average molecular weight is 126 g/mol. The van der Waals surface area contributed by atoms with Gasteiger partial charge in [-0.05, 0) is 31.1 Å². The fourth-order valence-corrected chi connectivity index (χ4v) is 2.47. The van der Waals surface area contributed by atoms with E-state index >= 15 is 0 Å². The van der Waals surface area contributed by atoms with Gasteiger partial charge in [0.05, 0.1) is 6.10 Å². The Hall–Kier alpha value is -0.0400. The van der Waals surface area contributed by atoms with Gasteiger partial charge in [-0.2, -0.15) is 0 Å². The van der Waals surface area contributed by atoms with Gasteiger partial charge in [-0.25, -0.2) is 0 Å². The highest BCUT2D eigenvalue weighted by molar-refractivity contribution is 4.84. The molecule has 1 heteroatoms. The summed E-state index contributed by atoms with van der Waals surface area (Å²) >= 11 is 0. The van der Waals surface area contributed by atoms with Crippen molar-refractivity contribution >= 4 is 0 Å². The highest BCUT2D eigenvalue weighted by atomic mass is 16.3. The van der Waals surface area contributed by atoms with Crippen LogP contribution in [0.2, 0.25) is 0 Å². The minimum absolute atomic E-state index is 0.0521. The minimum Gasteiger partial charge on any atom is -0.393 e. The Labute approximate surface area is 56.1 Å². The predicted octanol–water partition coefficient (Wildman–Crippen LogP) is 1.56. The lowest BCUT2D eigenvalue weighted by atomic mass is 9.87. The van der Waals surface area contributed by atoms with E-state index in [0.29, 0.717) is 0 Å². The molecule has 2 saturated carbocycles. The second kappa shape index (κ2) is 1.98. The first kappa shape index (κ1) is 5.72. The van der Waals surface area contributed by atoms with Crippen molar-refractivity contribution in [2.45, 2.75) is 38.2 Å². The molecule has 0 saturated heterocycles. The van der Waals surface area contributed by atoms with Gasteiger partial charge in [-0.15, -0.1) is 0 Å². The molecule has 2 unspecified atom stereocenters. The third-order valence-electron chi connectivity index (χ3n) is 2.86. The fraction of sp³-hybridized carbons (Fsp3) is 1.00. The molecule has 1 N–H and O–H groups in total. The van der Waals surface area contributed by atoms with Crippen LogP contribution in [0.4, 0.5) is 0 Å². The lowest BCUT2D eigenvalue weighted by molar-refractivity contribution is 0.0965. The minimum atomic E-state index is 0.0521. The number of aliphatic hydroxyl groups excluding tert-OH is 1. The summed E-state index contributed by atoms with van der Waals surface area (Å²) in [6.45, 7) is 0. The normalized spacial score (nSPS) is 49.7. The summed E-state index contributed by atoms with van der Waals surface area (Å²) in [5.41, 5.74) is 0. The van der Waals surface area contributed by atoms with E-state index in [9.17, 15) is 5.11 Å². The van der Waals surface area contributed by atoms with Crippen molar-refractivity contribution in [1.29, 1.82) is 0 Å². The van der Waals surface area contributed by atoms with Crippen LogP contribution in [0.25, 0.3) is 0 Å². The predicted molar refractivity (Wildman–Crippen MR) is 36.1 cm³/mol. The van der Waals surface area contributed by atoms with E-state index in [1.54, 1.807) is 0 Å². The first-order valence-electron chi connectivity index (χ1n) is 4.02. The molecule has 3 atom stereocenters. The molecule has 2 rings (SSSR count). The summed E-state index contributed by atoms with van der Waals surface area (Å²) in [4.78, 5) is 0. The van der Waals surface area contributed by atoms with Crippen LogP contribution in [0.1, 0.15) is 32.1 Å². The van der Waals surface area contributed by atoms with Gasteiger partial charge in [0.25, 0.3) is 0 Å². The van der Waals surface area contributed by atoms with Crippen molar-refractivity contribution in [3.05, 3.63) is 0 Å². The molecule has 1 nitrogen and oxygen atoms in total. The monoisotopic (exact) mass is 126 g/mol. The Bertz CT molecular complexity index is 99.1. The number of rotatable bonds is 0. The molecule has 2 aliphatic carbocycles. The van der Waals surface area contributed by atoms with Crippen LogP contribution >= 0.6 is 0 Å². The quantitative estimate of drug-likeness (QED) is 0.522. The molecule has 2 fully saturated rings. The molecule has 52 valence electrons. The molecule has 0 amide bonds. The molecular formula is C8H14O. The number of hydrogen-bond acceptors (Lipinski definition) is 1. The van der Waals surface area contributed by atoms with Crippen molar-refractivity contribution in [2.24, 2.45) is 11.8 Å². The third-order valence-corrected chi connectivity index (χ3v) is 2.86. The van der Waals surface area contributed by atoms with E-state index in [2.05, 4.69) is 0 Å². The fourth-order valence-electron chi connectivity index (χ4n) is 2.47. The summed E-state index contributed by atoms with van der Waals surface area (Å²) in [5, 5.41) is 9.29. The van der Waals surface area contributed by atoms with Crippen molar-refractivity contribution in [2.75, 3.05) is 0 Å². The maximum absolute atomic E-state index is 9.29. The van der Waals surface area contributed by atoms with E-state index in [0.717, 1.165) is 24.7 Å². The van der Waals surface area contributed by atoms with Gasteiger partial charge in [-0.1, -0.05) is 12.8 Å². The Morgan fingerprint density at radius 3 is 2.00 bits per heavy atom. The molecule has 2 bridgehead atoms. The molecule has 0 radical (unpaired) electrons. The lowest BCUT2D eigenvalue weighted by Crippen LogP contribution is -2.19. The summed E-state index contributed by atoms with van der Waals surface area (Å²) in [7, 11) is 0. The molecule has 0 spiro atoms. The highest BCUT2D eigenvalue weighted by Crippen LogP contribution is 2.41. The maximum Gasteiger partial charge on any atom is 0.0545 e. The van der Waals surface area contributed by atoms with Gasteiger partial charge in [0.15, 0.2) is 0 Å². The summed E-state index contributed by atoms with van der Waals surface area (Å²) < 4.78 is 0. The third kappa shape index (κ3) is 0.983. The van der Waals surface area contributed by atoms with Crippen LogP contribution in [0.5, 0.6) is 0 Å².